The number of fused-ring (bicyclic) bond motifs is 1. The Bertz CT molecular complexity index is 1130. The first-order valence-electron chi connectivity index (χ1n) is 9.28. The summed E-state index contributed by atoms with van der Waals surface area (Å²) in [6.45, 7) is 0.514. The highest BCUT2D eigenvalue weighted by Gasteiger charge is 2.03. The Morgan fingerprint density at radius 1 is 0.714 bits per heavy atom. The third-order valence-corrected chi connectivity index (χ3v) is 4.45. The molecule has 4 aromatic rings. The van der Waals surface area contributed by atoms with Crippen molar-refractivity contribution in [1.29, 1.82) is 0 Å². The molecule has 0 aliphatic carbocycles. The maximum Gasteiger partial charge on any atom is 0.103 e. The molecule has 2 heteroatoms. The number of hydrogen-bond donors (Lipinski definition) is 0. The Labute approximate surface area is 165 Å². The van der Waals surface area contributed by atoms with Crippen LogP contribution < -0.4 is 5.01 Å². The molecule has 4 rings (SSSR count). The topological polar surface area (TPSA) is 15.6 Å². The molecule has 0 saturated heterocycles. The van der Waals surface area contributed by atoms with Gasteiger partial charge in [-0.05, 0) is 35.0 Å². The molecule has 4 aromatic carbocycles. The summed E-state index contributed by atoms with van der Waals surface area (Å²) in [7, 11) is 0. The van der Waals surface area contributed by atoms with Crippen molar-refractivity contribution in [2.24, 2.45) is 5.10 Å². The Kier molecular flexibility index (Phi) is 5.46. The second kappa shape index (κ2) is 8.70. The zero-order valence-corrected chi connectivity index (χ0v) is 15.5. The van der Waals surface area contributed by atoms with Crippen molar-refractivity contribution in [2.45, 2.75) is 0 Å². The van der Waals surface area contributed by atoms with Crippen LogP contribution in [0.25, 0.3) is 10.8 Å². The van der Waals surface area contributed by atoms with E-state index < -0.39 is 0 Å². The minimum absolute atomic E-state index is 0.514. The van der Waals surface area contributed by atoms with E-state index in [1.807, 2.05) is 71.9 Å². The van der Waals surface area contributed by atoms with E-state index in [4.69, 9.17) is 5.10 Å². The average molecular weight is 360 g/mol. The number of hydrazone groups is 1. The van der Waals surface area contributed by atoms with Gasteiger partial charge in [0, 0.05) is 11.1 Å². The molecule has 0 bridgehead atoms. The summed E-state index contributed by atoms with van der Waals surface area (Å²) in [5.41, 5.74) is 3.12. The average Bonchev–Trinajstić information content (AvgIpc) is 2.77. The molecule has 0 atom stereocenters. The first-order chi connectivity index (χ1) is 13.9. The van der Waals surface area contributed by atoms with Crippen LogP contribution in [0.1, 0.15) is 11.1 Å². The van der Waals surface area contributed by atoms with Crippen LogP contribution >= 0.6 is 0 Å². The number of rotatable bonds is 4. The highest BCUT2D eigenvalue weighted by molar-refractivity contribution is 5.99. The van der Waals surface area contributed by atoms with Gasteiger partial charge in [-0.2, -0.15) is 5.10 Å². The maximum absolute atomic E-state index is 4.75. The van der Waals surface area contributed by atoms with Gasteiger partial charge in [0.05, 0.1) is 11.9 Å². The fourth-order valence-corrected chi connectivity index (χ4v) is 3.03. The fourth-order valence-electron chi connectivity index (χ4n) is 3.03. The molecule has 0 radical (unpaired) electrons. The molecule has 0 heterocycles. The standard InChI is InChI=1S/C26H20N2/c1-3-11-22(12-4-1)13-10-20-28(25-17-5-2-6-18-25)27-21-24-16-9-15-23-14-7-8-19-26(23)24/h1-9,11-12,14-19,21H,20H2/b27-21+. The van der Waals surface area contributed by atoms with E-state index in [0.717, 1.165) is 16.8 Å². The summed E-state index contributed by atoms with van der Waals surface area (Å²) in [6, 6.07) is 34.8. The van der Waals surface area contributed by atoms with Crippen LogP contribution in [0.5, 0.6) is 0 Å². The van der Waals surface area contributed by atoms with Gasteiger partial charge in [-0.15, -0.1) is 0 Å². The van der Waals surface area contributed by atoms with Gasteiger partial charge < -0.3 is 0 Å². The molecule has 134 valence electrons. The van der Waals surface area contributed by atoms with Crippen LogP contribution in [-0.4, -0.2) is 12.8 Å². The molecule has 0 aliphatic rings. The van der Waals surface area contributed by atoms with Crippen LogP contribution in [0, 0.1) is 11.8 Å². The number of benzene rings is 4. The minimum atomic E-state index is 0.514. The highest BCUT2D eigenvalue weighted by Crippen LogP contribution is 2.18. The summed E-state index contributed by atoms with van der Waals surface area (Å²) in [5.74, 6) is 6.44. The van der Waals surface area contributed by atoms with Gasteiger partial charge in [0.2, 0.25) is 0 Å². The predicted octanol–water partition coefficient (Wildman–Crippen LogP) is 5.73. The molecular formula is C26H20N2. The maximum atomic E-state index is 4.75. The van der Waals surface area contributed by atoms with E-state index in [-0.39, 0.29) is 0 Å². The first-order valence-corrected chi connectivity index (χ1v) is 9.28. The number of para-hydroxylation sites is 1. The largest absolute Gasteiger partial charge is 0.254 e. The van der Waals surface area contributed by atoms with Gasteiger partial charge in [0.15, 0.2) is 0 Å². The van der Waals surface area contributed by atoms with Crippen molar-refractivity contribution in [3.63, 3.8) is 0 Å². The predicted molar refractivity (Wildman–Crippen MR) is 119 cm³/mol. The lowest BCUT2D eigenvalue weighted by molar-refractivity contribution is 0.961. The molecule has 0 N–H and O–H groups in total. The van der Waals surface area contributed by atoms with Gasteiger partial charge in [-0.1, -0.05) is 90.7 Å². The van der Waals surface area contributed by atoms with Gasteiger partial charge >= 0.3 is 0 Å². The summed E-state index contributed by atoms with van der Waals surface area (Å²) in [4.78, 5) is 0. The SMILES string of the molecule is C(#Cc1ccccc1)CN(/N=C/c1cccc2ccccc12)c1ccccc1. The third kappa shape index (κ3) is 4.28. The summed E-state index contributed by atoms with van der Waals surface area (Å²) < 4.78 is 0. The van der Waals surface area contributed by atoms with Gasteiger partial charge in [-0.25, -0.2) is 0 Å². The van der Waals surface area contributed by atoms with E-state index in [0.29, 0.717) is 6.54 Å². The Morgan fingerprint density at radius 2 is 1.39 bits per heavy atom. The zero-order chi connectivity index (χ0) is 19.0. The molecule has 0 fully saturated rings. The Hall–Kier alpha value is -3.83. The molecule has 0 aliphatic heterocycles. The molecule has 0 saturated carbocycles. The minimum Gasteiger partial charge on any atom is -0.254 e. The van der Waals surface area contributed by atoms with E-state index in [1.54, 1.807) is 0 Å². The van der Waals surface area contributed by atoms with Crippen molar-refractivity contribution in [3.05, 3.63) is 114 Å². The van der Waals surface area contributed by atoms with Crippen molar-refractivity contribution in [2.75, 3.05) is 11.6 Å². The Morgan fingerprint density at radius 3 is 2.21 bits per heavy atom. The molecule has 28 heavy (non-hydrogen) atoms. The summed E-state index contributed by atoms with van der Waals surface area (Å²) in [6.07, 6.45) is 1.92. The smallest absolute Gasteiger partial charge is 0.103 e. The normalized spacial score (nSPS) is 10.6. The third-order valence-electron chi connectivity index (χ3n) is 4.45. The molecule has 0 spiro atoms. The second-order valence-electron chi connectivity index (χ2n) is 6.37. The molecule has 0 unspecified atom stereocenters. The quantitative estimate of drug-likeness (QED) is 0.258. The van der Waals surface area contributed by atoms with Crippen molar-refractivity contribution < 1.29 is 0 Å². The summed E-state index contributed by atoms with van der Waals surface area (Å²) >= 11 is 0. The van der Waals surface area contributed by atoms with Crippen LogP contribution in [0.15, 0.2) is 108 Å². The number of nitrogens with zero attached hydrogens (tertiary/aromatic N) is 2. The van der Waals surface area contributed by atoms with Crippen LogP contribution in [0.2, 0.25) is 0 Å². The van der Waals surface area contributed by atoms with Crippen LogP contribution in [0.3, 0.4) is 0 Å². The van der Waals surface area contributed by atoms with Crippen molar-refractivity contribution in [1.82, 2.24) is 0 Å². The fraction of sp³-hybridized carbons (Fsp3) is 0.0385. The van der Waals surface area contributed by atoms with Crippen LogP contribution in [-0.2, 0) is 0 Å². The van der Waals surface area contributed by atoms with E-state index in [1.165, 1.54) is 10.8 Å². The Balaban J connectivity index is 1.62. The van der Waals surface area contributed by atoms with Crippen LogP contribution in [0.4, 0.5) is 5.69 Å². The summed E-state index contributed by atoms with van der Waals surface area (Å²) in [5, 5.41) is 9.08. The molecule has 0 amide bonds. The van der Waals surface area contributed by atoms with Gasteiger partial charge in [0.25, 0.3) is 0 Å². The number of hydrogen-bond acceptors (Lipinski definition) is 2. The molecular weight excluding hydrogens is 340 g/mol. The van der Waals surface area contributed by atoms with Crippen molar-refractivity contribution in [3.8, 4) is 11.8 Å². The highest BCUT2D eigenvalue weighted by atomic mass is 15.4. The van der Waals surface area contributed by atoms with E-state index >= 15 is 0 Å². The molecule has 0 aromatic heterocycles. The van der Waals surface area contributed by atoms with E-state index in [9.17, 15) is 0 Å². The van der Waals surface area contributed by atoms with Gasteiger partial charge in [-0.3, -0.25) is 5.01 Å². The van der Waals surface area contributed by atoms with Gasteiger partial charge in [0.1, 0.15) is 6.54 Å². The molecule has 2 nitrogen and oxygen atoms in total. The lowest BCUT2D eigenvalue weighted by Gasteiger charge is -2.16. The zero-order valence-electron chi connectivity index (χ0n) is 15.5. The second-order valence-corrected chi connectivity index (χ2v) is 6.37. The van der Waals surface area contributed by atoms with Crippen molar-refractivity contribution >= 4 is 22.7 Å². The lowest BCUT2D eigenvalue weighted by Crippen LogP contribution is -2.16. The lowest BCUT2D eigenvalue weighted by atomic mass is 10.1. The van der Waals surface area contributed by atoms with E-state index in [2.05, 4.69) is 54.3 Å². The first kappa shape index (κ1) is 17.6. The number of anilines is 1. The monoisotopic (exact) mass is 360 g/mol.